The van der Waals surface area contributed by atoms with Crippen LogP contribution in [0.5, 0.6) is 0 Å². The number of hydrogen-bond donors (Lipinski definition) is 1. The maximum absolute atomic E-state index is 13.0. The quantitative estimate of drug-likeness (QED) is 0.308. The lowest BCUT2D eigenvalue weighted by molar-refractivity contribution is 0.827. The molecule has 0 amide bonds. The number of H-pyrrole nitrogens is 1. The van der Waals surface area contributed by atoms with E-state index >= 15 is 0 Å². The Morgan fingerprint density at radius 2 is 1.77 bits per heavy atom. The molecule has 2 aromatic heterocycles. The van der Waals surface area contributed by atoms with Crippen LogP contribution in [0.25, 0.3) is 27.2 Å². The van der Waals surface area contributed by atoms with Gasteiger partial charge in [0, 0.05) is 21.4 Å². The molecule has 0 radical (unpaired) electrons. The number of nitrogens with one attached hydrogen (secondary N) is 1. The van der Waals surface area contributed by atoms with Gasteiger partial charge in [-0.3, -0.25) is 9.89 Å². The van der Waals surface area contributed by atoms with E-state index in [2.05, 4.69) is 20.3 Å². The molecule has 0 spiro atoms. The van der Waals surface area contributed by atoms with E-state index in [-0.39, 0.29) is 11.2 Å². The van der Waals surface area contributed by atoms with Crippen molar-refractivity contribution >= 4 is 45.1 Å². The van der Waals surface area contributed by atoms with Crippen LogP contribution in [0.2, 0.25) is 5.02 Å². The summed E-state index contributed by atoms with van der Waals surface area (Å²) in [6.07, 6.45) is 0. The van der Waals surface area contributed by atoms with Crippen molar-refractivity contribution in [3.8, 4) is 16.4 Å². The molecule has 0 aliphatic heterocycles. The Bertz CT molecular complexity index is 1470. The molecule has 0 saturated carbocycles. The van der Waals surface area contributed by atoms with Crippen LogP contribution >= 0.6 is 22.9 Å². The molecule has 0 fully saturated rings. The Kier molecular flexibility index (Phi) is 4.97. The Labute approximate surface area is 186 Å². The number of halogens is 1. The van der Waals surface area contributed by atoms with Gasteiger partial charge in [-0.15, -0.1) is 21.6 Å². The van der Waals surface area contributed by atoms with Crippen molar-refractivity contribution in [3.05, 3.63) is 93.2 Å². The summed E-state index contributed by atoms with van der Waals surface area (Å²) in [4.78, 5) is 17.6. The van der Waals surface area contributed by atoms with Crippen molar-refractivity contribution in [2.24, 2.45) is 10.2 Å². The number of aromatic amines is 1. The van der Waals surface area contributed by atoms with Gasteiger partial charge in [0.1, 0.15) is 0 Å². The lowest BCUT2D eigenvalue weighted by Gasteiger charge is -1.99. The number of fused-ring (bicyclic) bond motifs is 1. The van der Waals surface area contributed by atoms with Crippen LogP contribution in [0.4, 0.5) is 11.4 Å². The standard InChI is InChI=1S/C23H16ClN5OS/c1-14-21(27-26-19-8-4-6-15-5-2-3-7-18(15)19)22(30)29(28-14)23-25-20(13-31-23)16-9-11-17(24)12-10-16/h2-13,28H,1H3. The first kappa shape index (κ1) is 19.4. The molecular weight excluding hydrogens is 430 g/mol. The van der Waals surface area contributed by atoms with Crippen molar-refractivity contribution in [1.82, 2.24) is 14.8 Å². The number of benzene rings is 3. The average Bonchev–Trinajstić information content (AvgIpc) is 3.38. The summed E-state index contributed by atoms with van der Waals surface area (Å²) >= 11 is 7.33. The molecule has 8 heteroatoms. The van der Waals surface area contributed by atoms with Crippen LogP contribution in [0.1, 0.15) is 5.69 Å². The van der Waals surface area contributed by atoms with E-state index in [1.165, 1.54) is 16.0 Å². The van der Waals surface area contributed by atoms with Gasteiger partial charge in [-0.2, -0.15) is 4.68 Å². The van der Waals surface area contributed by atoms with Crippen LogP contribution in [-0.2, 0) is 0 Å². The first-order valence-corrected chi connectivity index (χ1v) is 10.8. The summed E-state index contributed by atoms with van der Waals surface area (Å²) in [6, 6.07) is 21.2. The summed E-state index contributed by atoms with van der Waals surface area (Å²) < 4.78 is 1.40. The number of aryl methyl sites for hydroxylation is 1. The zero-order valence-electron chi connectivity index (χ0n) is 16.4. The van der Waals surface area contributed by atoms with Gasteiger partial charge in [0.15, 0.2) is 5.69 Å². The molecule has 0 aliphatic rings. The first-order chi connectivity index (χ1) is 15.1. The SMILES string of the molecule is Cc1[nH]n(-c2nc(-c3ccc(Cl)cc3)cs2)c(=O)c1N=Nc1cccc2ccccc12. The molecule has 152 valence electrons. The highest BCUT2D eigenvalue weighted by Gasteiger charge is 2.15. The largest absolute Gasteiger partial charge is 0.301 e. The molecule has 0 unspecified atom stereocenters. The van der Waals surface area contributed by atoms with Gasteiger partial charge in [0.05, 0.1) is 17.1 Å². The van der Waals surface area contributed by atoms with E-state index < -0.39 is 0 Å². The normalized spacial score (nSPS) is 11.5. The van der Waals surface area contributed by atoms with Crippen molar-refractivity contribution in [3.63, 3.8) is 0 Å². The highest BCUT2D eigenvalue weighted by atomic mass is 35.5. The fourth-order valence-corrected chi connectivity index (χ4v) is 4.23. The van der Waals surface area contributed by atoms with Crippen LogP contribution < -0.4 is 5.56 Å². The smallest absolute Gasteiger partial charge is 0.291 e. The second kappa shape index (κ2) is 7.94. The zero-order valence-corrected chi connectivity index (χ0v) is 18.0. The van der Waals surface area contributed by atoms with E-state index in [0.29, 0.717) is 21.5 Å². The highest BCUT2D eigenvalue weighted by Crippen LogP contribution is 2.28. The summed E-state index contributed by atoms with van der Waals surface area (Å²) in [7, 11) is 0. The number of rotatable bonds is 4. The van der Waals surface area contributed by atoms with Gasteiger partial charge < -0.3 is 0 Å². The Morgan fingerprint density at radius 3 is 2.61 bits per heavy atom. The minimum absolute atomic E-state index is 0.260. The predicted octanol–water partition coefficient (Wildman–Crippen LogP) is 6.82. The molecule has 0 atom stereocenters. The van der Waals surface area contributed by atoms with Gasteiger partial charge in [0.25, 0.3) is 0 Å². The molecule has 1 N–H and O–H groups in total. The fourth-order valence-electron chi connectivity index (χ4n) is 3.31. The maximum Gasteiger partial charge on any atom is 0.301 e. The maximum atomic E-state index is 13.0. The van der Waals surface area contributed by atoms with E-state index in [0.717, 1.165) is 22.0 Å². The van der Waals surface area contributed by atoms with Crippen molar-refractivity contribution in [1.29, 1.82) is 0 Å². The summed E-state index contributed by atoms with van der Waals surface area (Å²) in [5.74, 6) is 0. The van der Waals surface area contributed by atoms with Crippen molar-refractivity contribution < 1.29 is 0 Å². The molecular formula is C23H16ClN5OS. The summed E-state index contributed by atoms with van der Waals surface area (Å²) in [5.41, 5.74) is 3.00. The second-order valence-electron chi connectivity index (χ2n) is 6.95. The molecule has 0 aliphatic carbocycles. The van der Waals surface area contributed by atoms with Crippen LogP contribution in [0.3, 0.4) is 0 Å². The average molecular weight is 446 g/mol. The molecule has 0 bridgehead atoms. The van der Waals surface area contributed by atoms with E-state index in [1.807, 2.05) is 72.1 Å². The van der Waals surface area contributed by atoms with E-state index in [9.17, 15) is 4.79 Å². The second-order valence-corrected chi connectivity index (χ2v) is 8.22. The topological polar surface area (TPSA) is 75.4 Å². The van der Waals surface area contributed by atoms with Crippen molar-refractivity contribution in [2.45, 2.75) is 6.92 Å². The number of azo groups is 1. The molecule has 2 heterocycles. The van der Waals surface area contributed by atoms with Gasteiger partial charge in [0.2, 0.25) is 5.13 Å². The van der Waals surface area contributed by atoms with Crippen LogP contribution in [0.15, 0.2) is 87.1 Å². The summed E-state index contributed by atoms with van der Waals surface area (Å²) in [5, 5.41) is 16.8. The lowest BCUT2D eigenvalue weighted by Crippen LogP contribution is -2.13. The monoisotopic (exact) mass is 445 g/mol. The molecule has 5 rings (SSSR count). The molecule has 31 heavy (non-hydrogen) atoms. The van der Waals surface area contributed by atoms with Crippen LogP contribution in [-0.4, -0.2) is 14.8 Å². The number of thiazole rings is 1. The molecule has 6 nitrogen and oxygen atoms in total. The van der Waals surface area contributed by atoms with E-state index in [4.69, 9.17) is 11.6 Å². The number of hydrogen-bond acceptors (Lipinski definition) is 5. The first-order valence-electron chi connectivity index (χ1n) is 9.53. The summed E-state index contributed by atoms with van der Waals surface area (Å²) in [6.45, 7) is 1.79. The lowest BCUT2D eigenvalue weighted by atomic mass is 10.1. The molecule has 0 saturated heterocycles. The molecule has 3 aromatic carbocycles. The predicted molar refractivity (Wildman–Crippen MR) is 125 cm³/mol. The molecule has 5 aromatic rings. The number of nitrogens with zero attached hydrogens (tertiary/aromatic N) is 4. The minimum atomic E-state index is -0.293. The fraction of sp³-hybridized carbons (Fsp3) is 0.0435. The van der Waals surface area contributed by atoms with Gasteiger partial charge in [-0.05, 0) is 30.5 Å². The zero-order chi connectivity index (χ0) is 21.4. The van der Waals surface area contributed by atoms with Gasteiger partial charge in [-0.25, -0.2) is 4.98 Å². The van der Waals surface area contributed by atoms with E-state index in [1.54, 1.807) is 6.92 Å². The minimum Gasteiger partial charge on any atom is -0.291 e. The third kappa shape index (κ3) is 3.69. The van der Waals surface area contributed by atoms with Crippen LogP contribution in [0, 0.1) is 6.92 Å². The highest BCUT2D eigenvalue weighted by molar-refractivity contribution is 7.12. The Hall–Kier alpha value is -3.55. The number of aromatic nitrogens is 3. The van der Waals surface area contributed by atoms with Gasteiger partial charge >= 0.3 is 5.56 Å². The van der Waals surface area contributed by atoms with Crippen molar-refractivity contribution in [2.75, 3.05) is 0 Å². The Morgan fingerprint density at radius 1 is 1.00 bits per heavy atom. The van der Waals surface area contributed by atoms with Gasteiger partial charge in [-0.1, -0.05) is 60.1 Å². The third-order valence-corrected chi connectivity index (χ3v) is 5.97. The third-order valence-electron chi connectivity index (χ3n) is 4.89. The Balaban J connectivity index is 1.50.